The number of allylic oxidation sites excluding steroid dienone is 18. The average molecular weight is 722 g/mol. The molecule has 0 aromatic heterocycles. The number of nitrogens with zero attached hydrogens (tertiary/aromatic N) is 1. The van der Waals surface area contributed by atoms with E-state index in [1.807, 2.05) is 85.1 Å². The number of carboxylic acid groups (broad SMARTS) is 1. The molecule has 0 fully saturated rings. The third-order valence-corrected chi connectivity index (χ3v) is 7.63. The summed E-state index contributed by atoms with van der Waals surface area (Å²) in [4.78, 5) is 36.6. The zero-order chi connectivity index (χ0) is 38.5. The first-order chi connectivity index (χ1) is 25.1. The van der Waals surface area contributed by atoms with Gasteiger partial charge in [0, 0.05) is 19.3 Å². The van der Waals surface area contributed by atoms with Crippen LogP contribution in [-0.2, 0) is 28.6 Å². The number of unbranched alkanes of at least 4 members (excludes halogenated alkanes) is 6. The van der Waals surface area contributed by atoms with Crippen LogP contribution in [-0.4, -0.2) is 75.5 Å². The number of hydrogen-bond donors (Lipinski definition) is 0. The van der Waals surface area contributed by atoms with E-state index in [0.717, 1.165) is 51.4 Å². The number of quaternary nitrogens is 1. The van der Waals surface area contributed by atoms with Crippen molar-refractivity contribution in [3.8, 4) is 0 Å². The van der Waals surface area contributed by atoms with Gasteiger partial charge in [-0.1, -0.05) is 142 Å². The van der Waals surface area contributed by atoms with Crippen LogP contribution in [0.15, 0.2) is 109 Å². The third kappa shape index (κ3) is 31.9. The maximum absolute atomic E-state index is 12.6. The van der Waals surface area contributed by atoms with Gasteiger partial charge in [0.2, 0.25) is 0 Å². The highest BCUT2D eigenvalue weighted by Gasteiger charge is 2.25. The van der Waals surface area contributed by atoms with Crippen LogP contribution in [0.2, 0.25) is 0 Å². The Hall–Kier alpha value is -4.01. The van der Waals surface area contributed by atoms with Gasteiger partial charge in [-0.15, -0.1) is 0 Å². The van der Waals surface area contributed by atoms with Crippen LogP contribution in [0.1, 0.15) is 97.3 Å². The molecule has 0 rings (SSSR count). The van der Waals surface area contributed by atoms with Gasteiger partial charge in [-0.2, -0.15) is 0 Å². The van der Waals surface area contributed by atoms with Crippen molar-refractivity contribution in [1.82, 2.24) is 0 Å². The molecule has 0 amide bonds. The Labute approximate surface area is 315 Å². The fourth-order valence-corrected chi connectivity index (χ4v) is 4.70. The molecule has 8 nitrogen and oxygen atoms in total. The van der Waals surface area contributed by atoms with E-state index < -0.39 is 24.1 Å². The van der Waals surface area contributed by atoms with Crippen molar-refractivity contribution >= 4 is 17.9 Å². The quantitative estimate of drug-likeness (QED) is 0.0307. The number of carboxylic acids is 1. The molecular formula is C44H67NO7. The number of ether oxygens (including phenoxy) is 3. The second-order valence-corrected chi connectivity index (χ2v) is 13.3. The van der Waals surface area contributed by atoms with E-state index in [4.69, 9.17) is 14.2 Å². The van der Waals surface area contributed by atoms with Gasteiger partial charge in [0.05, 0.1) is 40.3 Å². The Balaban J connectivity index is 4.61. The lowest BCUT2D eigenvalue weighted by atomic mass is 10.1. The molecule has 0 aliphatic heterocycles. The van der Waals surface area contributed by atoms with Gasteiger partial charge < -0.3 is 28.6 Å². The molecule has 2 unspecified atom stereocenters. The Morgan fingerprint density at radius 2 is 1.04 bits per heavy atom. The van der Waals surface area contributed by atoms with Crippen LogP contribution in [0.25, 0.3) is 0 Å². The Morgan fingerprint density at radius 1 is 0.577 bits per heavy atom. The van der Waals surface area contributed by atoms with E-state index in [1.165, 1.54) is 0 Å². The van der Waals surface area contributed by atoms with Crippen LogP contribution < -0.4 is 5.11 Å². The van der Waals surface area contributed by atoms with E-state index in [9.17, 15) is 19.5 Å². The summed E-state index contributed by atoms with van der Waals surface area (Å²) in [6.45, 7) is 4.22. The lowest BCUT2D eigenvalue weighted by Gasteiger charge is -2.34. The van der Waals surface area contributed by atoms with Gasteiger partial charge in [0.1, 0.15) is 12.6 Å². The molecule has 0 N–H and O–H groups in total. The molecular weight excluding hydrogens is 654 g/mol. The Kier molecular flexibility index (Phi) is 31.5. The van der Waals surface area contributed by atoms with Crippen molar-refractivity contribution in [2.45, 2.75) is 109 Å². The van der Waals surface area contributed by atoms with Crippen molar-refractivity contribution in [3.05, 3.63) is 109 Å². The van der Waals surface area contributed by atoms with Crippen molar-refractivity contribution in [1.29, 1.82) is 0 Å². The van der Waals surface area contributed by atoms with Crippen LogP contribution >= 0.6 is 0 Å². The highest BCUT2D eigenvalue weighted by molar-refractivity contribution is 5.70. The second kappa shape index (κ2) is 34.1. The molecule has 0 radical (unpaired) electrons. The van der Waals surface area contributed by atoms with Crippen molar-refractivity contribution in [2.24, 2.45) is 0 Å². The summed E-state index contributed by atoms with van der Waals surface area (Å²) in [7, 11) is 5.34. The van der Waals surface area contributed by atoms with E-state index >= 15 is 0 Å². The highest BCUT2D eigenvalue weighted by Crippen LogP contribution is 2.11. The number of hydrogen-bond acceptors (Lipinski definition) is 7. The van der Waals surface area contributed by atoms with Gasteiger partial charge in [-0.25, -0.2) is 0 Å². The first-order valence-corrected chi connectivity index (χ1v) is 19.0. The summed E-state index contributed by atoms with van der Waals surface area (Å²) in [6, 6.07) is -0.748. The fourth-order valence-electron chi connectivity index (χ4n) is 4.70. The largest absolute Gasteiger partial charge is 0.544 e. The number of likely N-dealkylation sites (N-methyl/N-ethyl adjacent to an activating group) is 1. The van der Waals surface area contributed by atoms with Crippen molar-refractivity contribution in [2.75, 3.05) is 41.0 Å². The number of carbonyl (C=O) groups is 3. The zero-order valence-corrected chi connectivity index (χ0v) is 32.7. The number of esters is 2. The Bertz CT molecular complexity index is 1210. The minimum absolute atomic E-state index is 0.00450. The standard InChI is InChI=1S/C44H67NO7/c1-6-8-10-12-14-16-18-20-21-23-24-26-28-30-32-34-42(46)51-39-40(38-50-37-36-41(44(48)49)45(3,4)5)52-43(47)35-33-31-29-27-25-22-19-17-15-13-11-9-7-2/h8-22,25,27,29,40-41H,6-7,23-24,26,28,30-39H2,1-5H3/b10-8+,11-9+,14-12+,15-13+,18-16+,19-17+,21-20+,25-22+,29-27+. The number of carbonyl (C=O) groups excluding carboxylic acids is 3. The van der Waals surface area contributed by atoms with Gasteiger partial charge >= 0.3 is 11.9 Å². The van der Waals surface area contributed by atoms with Crippen molar-refractivity contribution in [3.63, 3.8) is 0 Å². The Morgan fingerprint density at radius 3 is 1.56 bits per heavy atom. The molecule has 0 saturated carbocycles. The summed E-state index contributed by atoms with van der Waals surface area (Å²) in [5, 5.41) is 11.6. The van der Waals surface area contributed by atoms with Crippen LogP contribution in [0.4, 0.5) is 0 Å². The van der Waals surface area contributed by atoms with E-state index in [-0.39, 0.29) is 43.1 Å². The van der Waals surface area contributed by atoms with Crippen LogP contribution in [0.5, 0.6) is 0 Å². The smallest absolute Gasteiger partial charge is 0.306 e. The summed E-state index contributed by atoms with van der Waals surface area (Å²) >= 11 is 0. The highest BCUT2D eigenvalue weighted by atomic mass is 16.6. The molecule has 0 saturated heterocycles. The number of aliphatic carboxylic acids is 1. The zero-order valence-electron chi connectivity index (χ0n) is 32.7. The predicted molar refractivity (Wildman–Crippen MR) is 212 cm³/mol. The summed E-state index contributed by atoms with van der Waals surface area (Å²) < 4.78 is 17.0. The predicted octanol–water partition coefficient (Wildman–Crippen LogP) is 8.40. The molecule has 0 bridgehead atoms. The minimum atomic E-state index is -1.15. The van der Waals surface area contributed by atoms with Gasteiger partial charge in [0.15, 0.2) is 6.10 Å². The van der Waals surface area contributed by atoms with Gasteiger partial charge in [-0.05, 0) is 44.9 Å². The average Bonchev–Trinajstić information content (AvgIpc) is 3.09. The summed E-state index contributed by atoms with van der Waals surface area (Å²) in [6.07, 6.45) is 45.5. The topological polar surface area (TPSA) is 102 Å². The van der Waals surface area contributed by atoms with Crippen LogP contribution in [0.3, 0.4) is 0 Å². The monoisotopic (exact) mass is 721 g/mol. The third-order valence-electron chi connectivity index (χ3n) is 7.63. The molecule has 2 atom stereocenters. The van der Waals surface area contributed by atoms with E-state index in [0.29, 0.717) is 19.3 Å². The molecule has 0 aliphatic rings. The number of rotatable bonds is 31. The first-order valence-electron chi connectivity index (χ1n) is 19.0. The van der Waals surface area contributed by atoms with Gasteiger partial charge in [0.25, 0.3) is 0 Å². The van der Waals surface area contributed by atoms with E-state index in [1.54, 1.807) is 21.1 Å². The maximum Gasteiger partial charge on any atom is 0.306 e. The molecule has 290 valence electrons. The molecule has 0 aromatic carbocycles. The molecule has 0 aromatic rings. The van der Waals surface area contributed by atoms with Crippen LogP contribution in [0, 0.1) is 0 Å². The maximum atomic E-state index is 12.6. The van der Waals surface area contributed by atoms with Crippen molar-refractivity contribution < 1.29 is 38.2 Å². The van der Waals surface area contributed by atoms with Gasteiger partial charge in [-0.3, -0.25) is 9.59 Å². The summed E-state index contributed by atoms with van der Waals surface area (Å²) in [5.41, 5.74) is 0. The minimum Gasteiger partial charge on any atom is -0.544 e. The molecule has 0 aliphatic carbocycles. The lowest BCUT2D eigenvalue weighted by Crippen LogP contribution is -2.55. The van der Waals surface area contributed by atoms with E-state index in [2.05, 4.69) is 38.2 Å². The fraction of sp³-hybridized carbons (Fsp3) is 0.523. The summed E-state index contributed by atoms with van der Waals surface area (Å²) in [5.74, 6) is -1.89. The normalized spacial score (nSPS) is 14.2. The molecule has 8 heteroatoms. The SMILES string of the molecule is CC/C=C/C=C/C=C/C=C/C=C/CCCC(=O)OC(COCCC(C(=O)[O-])[N+](C)(C)C)COC(=O)CCCCCCC/C=C/C=C/C=C/C=C/CC. The molecule has 52 heavy (non-hydrogen) atoms. The lowest BCUT2D eigenvalue weighted by molar-refractivity contribution is -0.889. The second-order valence-electron chi connectivity index (χ2n) is 13.3. The first kappa shape index (κ1) is 48.0. The molecule has 0 spiro atoms. The molecule has 0 heterocycles.